The standard InChI is InChI=1S/C12H22O/c1-3-5-7-8-9-11-12(13)10-6-4-2/h3-4,12-13H,1-2,5-11H2/t12-/m0/s1. The second-order valence-electron chi connectivity index (χ2n) is 3.45. The average Bonchev–Trinajstić information content (AvgIpc) is 2.14. The van der Waals surface area contributed by atoms with Gasteiger partial charge in [0.15, 0.2) is 0 Å². The Morgan fingerprint density at radius 3 is 2.23 bits per heavy atom. The van der Waals surface area contributed by atoms with Crippen LogP contribution in [0.4, 0.5) is 0 Å². The Morgan fingerprint density at radius 1 is 0.923 bits per heavy atom. The van der Waals surface area contributed by atoms with Crippen LogP contribution >= 0.6 is 0 Å². The summed E-state index contributed by atoms with van der Waals surface area (Å²) in [5.74, 6) is 0. The quantitative estimate of drug-likeness (QED) is 0.428. The van der Waals surface area contributed by atoms with Crippen LogP contribution in [0.2, 0.25) is 0 Å². The zero-order valence-electron chi connectivity index (χ0n) is 8.54. The van der Waals surface area contributed by atoms with Crippen LogP contribution in [0.5, 0.6) is 0 Å². The Balaban J connectivity index is 3.11. The van der Waals surface area contributed by atoms with E-state index >= 15 is 0 Å². The van der Waals surface area contributed by atoms with Crippen molar-refractivity contribution in [2.45, 2.75) is 51.0 Å². The van der Waals surface area contributed by atoms with Crippen molar-refractivity contribution in [1.82, 2.24) is 0 Å². The lowest BCUT2D eigenvalue weighted by Gasteiger charge is -2.07. The molecule has 1 N–H and O–H groups in total. The summed E-state index contributed by atoms with van der Waals surface area (Å²) < 4.78 is 0. The normalized spacial score (nSPS) is 12.4. The fourth-order valence-electron chi connectivity index (χ4n) is 1.30. The van der Waals surface area contributed by atoms with E-state index in [1.165, 1.54) is 12.8 Å². The minimum Gasteiger partial charge on any atom is -0.393 e. The third kappa shape index (κ3) is 9.35. The molecule has 1 atom stereocenters. The molecule has 0 aromatic carbocycles. The summed E-state index contributed by atoms with van der Waals surface area (Å²) in [7, 11) is 0. The molecule has 0 aliphatic carbocycles. The molecule has 0 bridgehead atoms. The highest BCUT2D eigenvalue weighted by Gasteiger charge is 2.01. The summed E-state index contributed by atoms with van der Waals surface area (Å²) in [4.78, 5) is 0. The molecule has 13 heavy (non-hydrogen) atoms. The SMILES string of the molecule is C=CCCCCC[C@@H](O)CCC=C. The molecule has 0 unspecified atom stereocenters. The summed E-state index contributed by atoms with van der Waals surface area (Å²) in [5, 5.41) is 9.47. The van der Waals surface area contributed by atoms with Crippen molar-refractivity contribution in [2.24, 2.45) is 0 Å². The van der Waals surface area contributed by atoms with Gasteiger partial charge in [-0.05, 0) is 32.1 Å². The highest BCUT2D eigenvalue weighted by Crippen LogP contribution is 2.09. The number of allylic oxidation sites excluding steroid dienone is 2. The summed E-state index contributed by atoms with van der Waals surface area (Å²) in [6.07, 6.45) is 11.1. The van der Waals surface area contributed by atoms with Crippen molar-refractivity contribution in [3.05, 3.63) is 25.3 Å². The van der Waals surface area contributed by atoms with Gasteiger partial charge in [0.2, 0.25) is 0 Å². The van der Waals surface area contributed by atoms with Gasteiger partial charge in [0, 0.05) is 0 Å². The molecule has 76 valence electrons. The fourth-order valence-corrected chi connectivity index (χ4v) is 1.30. The molecule has 0 fully saturated rings. The van der Waals surface area contributed by atoms with E-state index in [0.717, 1.165) is 32.1 Å². The first kappa shape index (κ1) is 12.4. The van der Waals surface area contributed by atoms with Crippen molar-refractivity contribution in [3.8, 4) is 0 Å². The molecular weight excluding hydrogens is 160 g/mol. The van der Waals surface area contributed by atoms with Crippen molar-refractivity contribution in [1.29, 1.82) is 0 Å². The predicted molar refractivity (Wildman–Crippen MR) is 58.7 cm³/mol. The van der Waals surface area contributed by atoms with Crippen LogP contribution in [0.25, 0.3) is 0 Å². The van der Waals surface area contributed by atoms with Crippen molar-refractivity contribution in [2.75, 3.05) is 0 Å². The predicted octanol–water partition coefficient (Wildman–Crippen LogP) is 3.45. The van der Waals surface area contributed by atoms with E-state index in [0.29, 0.717) is 0 Å². The molecular formula is C12H22O. The third-order valence-electron chi connectivity index (χ3n) is 2.15. The second kappa shape index (κ2) is 9.53. The van der Waals surface area contributed by atoms with Crippen molar-refractivity contribution in [3.63, 3.8) is 0 Å². The maximum atomic E-state index is 9.47. The Labute approximate surface area is 82.2 Å². The van der Waals surface area contributed by atoms with Gasteiger partial charge in [0.05, 0.1) is 6.10 Å². The molecule has 0 aliphatic rings. The number of aliphatic hydroxyl groups excluding tert-OH is 1. The van der Waals surface area contributed by atoms with Gasteiger partial charge in [0.25, 0.3) is 0 Å². The van der Waals surface area contributed by atoms with Gasteiger partial charge in [-0.2, -0.15) is 0 Å². The lowest BCUT2D eigenvalue weighted by Crippen LogP contribution is -2.05. The number of rotatable bonds is 9. The minimum atomic E-state index is -0.123. The zero-order chi connectivity index (χ0) is 9.94. The number of hydrogen-bond acceptors (Lipinski definition) is 1. The average molecular weight is 182 g/mol. The molecule has 0 saturated carbocycles. The van der Waals surface area contributed by atoms with Gasteiger partial charge >= 0.3 is 0 Å². The number of hydrogen-bond donors (Lipinski definition) is 1. The highest BCUT2D eigenvalue weighted by molar-refractivity contribution is 4.69. The van der Waals surface area contributed by atoms with E-state index in [2.05, 4.69) is 13.2 Å². The van der Waals surface area contributed by atoms with E-state index in [-0.39, 0.29) is 6.10 Å². The van der Waals surface area contributed by atoms with Gasteiger partial charge in [-0.25, -0.2) is 0 Å². The maximum absolute atomic E-state index is 9.47. The van der Waals surface area contributed by atoms with Crippen molar-refractivity contribution < 1.29 is 5.11 Å². The Bertz CT molecular complexity index is 129. The third-order valence-corrected chi connectivity index (χ3v) is 2.15. The molecule has 0 aromatic heterocycles. The molecule has 0 heterocycles. The smallest absolute Gasteiger partial charge is 0.0543 e. The van der Waals surface area contributed by atoms with Crippen LogP contribution in [-0.4, -0.2) is 11.2 Å². The lowest BCUT2D eigenvalue weighted by atomic mass is 10.1. The first-order valence-electron chi connectivity index (χ1n) is 5.21. The van der Waals surface area contributed by atoms with Crippen LogP contribution in [-0.2, 0) is 0 Å². The largest absolute Gasteiger partial charge is 0.393 e. The monoisotopic (exact) mass is 182 g/mol. The highest BCUT2D eigenvalue weighted by atomic mass is 16.3. The molecule has 1 heteroatoms. The van der Waals surface area contributed by atoms with E-state index in [9.17, 15) is 5.11 Å². The first-order chi connectivity index (χ1) is 6.31. The molecule has 0 amide bonds. The van der Waals surface area contributed by atoms with Gasteiger partial charge in [-0.15, -0.1) is 13.2 Å². The van der Waals surface area contributed by atoms with Gasteiger partial charge in [-0.1, -0.05) is 25.0 Å². The van der Waals surface area contributed by atoms with E-state index < -0.39 is 0 Å². The topological polar surface area (TPSA) is 20.2 Å². The number of aliphatic hydroxyl groups is 1. The van der Waals surface area contributed by atoms with Crippen LogP contribution in [0.3, 0.4) is 0 Å². The second-order valence-corrected chi connectivity index (χ2v) is 3.45. The Hall–Kier alpha value is -0.560. The van der Waals surface area contributed by atoms with E-state index in [4.69, 9.17) is 0 Å². The molecule has 0 radical (unpaired) electrons. The van der Waals surface area contributed by atoms with Gasteiger partial charge in [0.1, 0.15) is 0 Å². The van der Waals surface area contributed by atoms with Crippen LogP contribution in [0.1, 0.15) is 44.9 Å². The maximum Gasteiger partial charge on any atom is 0.0543 e. The Kier molecular flexibility index (Phi) is 9.12. The first-order valence-corrected chi connectivity index (χ1v) is 5.21. The number of unbranched alkanes of at least 4 members (excludes halogenated alkanes) is 3. The molecule has 1 nitrogen and oxygen atoms in total. The molecule has 0 aliphatic heterocycles. The summed E-state index contributed by atoms with van der Waals surface area (Å²) in [6, 6.07) is 0. The zero-order valence-corrected chi connectivity index (χ0v) is 8.54. The van der Waals surface area contributed by atoms with Gasteiger partial charge < -0.3 is 5.11 Å². The van der Waals surface area contributed by atoms with Crippen LogP contribution < -0.4 is 0 Å². The molecule has 0 aromatic rings. The van der Waals surface area contributed by atoms with Crippen LogP contribution in [0, 0.1) is 0 Å². The molecule has 0 spiro atoms. The fraction of sp³-hybridized carbons (Fsp3) is 0.667. The van der Waals surface area contributed by atoms with Crippen LogP contribution in [0.15, 0.2) is 25.3 Å². The van der Waals surface area contributed by atoms with E-state index in [1.54, 1.807) is 0 Å². The summed E-state index contributed by atoms with van der Waals surface area (Å²) in [5.41, 5.74) is 0. The molecule has 0 saturated heterocycles. The minimum absolute atomic E-state index is 0.123. The Morgan fingerprint density at radius 2 is 1.62 bits per heavy atom. The van der Waals surface area contributed by atoms with Gasteiger partial charge in [-0.3, -0.25) is 0 Å². The summed E-state index contributed by atoms with van der Waals surface area (Å²) >= 11 is 0. The van der Waals surface area contributed by atoms with Crippen molar-refractivity contribution >= 4 is 0 Å². The van der Waals surface area contributed by atoms with E-state index in [1.807, 2.05) is 12.2 Å². The lowest BCUT2D eigenvalue weighted by molar-refractivity contribution is 0.152. The molecule has 0 rings (SSSR count). The summed E-state index contributed by atoms with van der Waals surface area (Å²) in [6.45, 7) is 7.30.